The number of hydrogen-bond donors (Lipinski definition) is 0. The van der Waals surface area contributed by atoms with Gasteiger partial charge in [0.2, 0.25) is 0 Å². The van der Waals surface area contributed by atoms with Gasteiger partial charge in [0.1, 0.15) is 18.0 Å². The minimum atomic E-state index is 0.263. The zero-order valence-corrected chi connectivity index (χ0v) is 17.5. The lowest BCUT2D eigenvalue weighted by atomic mass is 10.0. The van der Waals surface area contributed by atoms with Crippen LogP contribution in [0.3, 0.4) is 0 Å². The van der Waals surface area contributed by atoms with Gasteiger partial charge >= 0.3 is 0 Å². The monoisotopic (exact) mass is 408 g/mol. The van der Waals surface area contributed by atoms with Crippen LogP contribution < -0.4 is 18.9 Å². The summed E-state index contributed by atoms with van der Waals surface area (Å²) in [5.74, 6) is 2.42. The summed E-state index contributed by atoms with van der Waals surface area (Å²) in [5.41, 5.74) is 1.92. The summed E-state index contributed by atoms with van der Waals surface area (Å²) < 4.78 is 21.7. The molecule has 30 heavy (non-hydrogen) atoms. The molecule has 3 rings (SSSR count). The lowest BCUT2D eigenvalue weighted by Gasteiger charge is -2.14. The predicted octanol–water partition coefficient (Wildman–Crippen LogP) is 4.22. The van der Waals surface area contributed by atoms with Crippen LogP contribution in [-0.2, 0) is 4.84 Å². The first kappa shape index (κ1) is 21.0. The van der Waals surface area contributed by atoms with E-state index in [0.717, 1.165) is 16.3 Å². The Hall–Kier alpha value is -3.74. The van der Waals surface area contributed by atoms with Crippen molar-refractivity contribution >= 4 is 16.5 Å². The maximum atomic E-state index is 5.48. The Kier molecular flexibility index (Phi) is 6.75. The minimum absolute atomic E-state index is 0.263. The van der Waals surface area contributed by atoms with Gasteiger partial charge in [0, 0.05) is 17.1 Å². The number of oxime groups is 1. The van der Waals surface area contributed by atoms with E-state index in [0.29, 0.717) is 34.4 Å². The van der Waals surface area contributed by atoms with Crippen LogP contribution in [0.25, 0.3) is 10.8 Å². The van der Waals surface area contributed by atoms with Crippen LogP contribution in [0, 0.1) is 0 Å². The van der Waals surface area contributed by atoms with Crippen molar-refractivity contribution in [3.05, 3.63) is 66.5 Å². The highest BCUT2D eigenvalue weighted by atomic mass is 16.6. The van der Waals surface area contributed by atoms with Crippen molar-refractivity contribution in [2.75, 3.05) is 35.0 Å². The van der Waals surface area contributed by atoms with Gasteiger partial charge in [-0.15, -0.1) is 0 Å². The Morgan fingerprint density at radius 2 is 1.57 bits per heavy atom. The molecule has 0 amide bonds. The highest BCUT2D eigenvalue weighted by molar-refractivity contribution is 6.18. The molecule has 0 saturated heterocycles. The van der Waals surface area contributed by atoms with Gasteiger partial charge in [0.25, 0.3) is 0 Å². The van der Waals surface area contributed by atoms with Crippen molar-refractivity contribution in [2.24, 2.45) is 5.16 Å². The number of aromatic nitrogens is 1. The lowest BCUT2D eigenvalue weighted by molar-refractivity contribution is 0.175. The Balaban J connectivity index is 2.23. The zero-order chi connectivity index (χ0) is 21.5. The summed E-state index contributed by atoms with van der Waals surface area (Å²) in [5, 5.41) is 6.11. The summed E-state index contributed by atoms with van der Waals surface area (Å²) in [4.78, 5) is 10.0. The molecule has 0 radical (unpaired) electrons. The van der Waals surface area contributed by atoms with Gasteiger partial charge < -0.3 is 23.8 Å². The van der Waals surface area contributed by atoms with Crippen LogP contribution in [0.5, 0.6) is 23.0 Å². The molecule has 0 bridgehead atoms. The number of nitrogens with zero attached hydrogens (tertiary/aromatic N) is 2. The third-order valence-electron chi connectivity index (χ3n) is 4.50. The average Bonchev–Trinajstić information content (AvgIpc) is 2.80. The van der Waals surface area contributed by atoms with Gasteiger partial charge in [-0.05, 0) is 41.8 Å². The molecule has 3 aromatic rings. The molecule has 7 nitrogen and oxygen atoms in total. The summed E-state index contributed by atoms with van der Waals surface area (Å²) in [6.45, 7) is 3.93. The van der Waals surface area contributed by atoms with Crippen LogP contribution in [0.4, 0.5) is 0 Å². The van der Waals surface area contributed by atoms with Gasteiger partial charge in [-0.3, -0.25) is 4.98 Å². The number of pyridine rings is 1. The van der Waals surface area contributed by atoms with E-state index in [9.17, 15) is 0 Å². The van der Waals surface area contributed by atoms with E-state index in [4.69, 9.17) is 23.8 Å². The second-order valence-electron chi connectivity index (χ2n) is 6.18. The van der Waals surface area contributed by atoms with E-state index >= 15 is 0 Å². The number of rotatable bonds is 9. The number of benzene rings is 2. The first-order valence-electron chi connectivity index (χ1n) is 9.21. The fraction of sp³-hybridized carbons (Fsp3) is 0.217. The number of ether oxygens (including phenoxy) is 4. The summed E-state index contributed by atoms with van der Waals surface area (Å²) in [6, 6.07) is 11.2. The Bertz CT molecular complexity index is 1080. The molecule has 2 aromatic carbocycles. The maximum absolute atomic E-state index is 5.48. The minimum Gasteiger partial charge on any atom is -0.493 e. The van der Waals surface area contributed by atoms with Gasteiger partial charge in [-0.25, -0.2) is 0 Å². The van der Waals surface area contributed by atoms with Crippen molar-refractivity contribution < 1.29 is 23.8 Å². The molecular weight excluding hydrogens is 384 g/mol. The Morgan fingerprint density at radius 3 is 2.23 bits per heavy atom. The van der Waals surface area contributed by atoms with E-state index < -0.39 is 0 Å². The second-order valence-corrected chi connectivity index (χ2v) is 6.18. The SMILES string of the molecule is C=CCO/N=C(\c1ccc(OC)c(OC)c1)c1nccc2cc(OC)c(OC)cc12. The number of fused-ring (bicyclic) bond motifs is 1. The largest absolute Gasteiger partial charge is 0.493 e. The summed E-state index contributed by atoms with van der Waals surface area (Å²) in [7, 11) is 6.37. The summed E-state index contributed by atoms with van der Waals surface area (Å²) >= 11 is 0. The van der Waals surface area contributed by atoms with Gasteiger partial charge in [0.15, 0.2) is 23.0 Å². The maximum Gasteiger partial charge on any atom is 0.161 e. The van der Waals surface area contributed by atoms with Crippen LogP contribution >= 0.6 is 0 Å². The zero-order valence-electron chi connectivity index (χ0n) is 17.5. The van der Waals surface area contributed by atoms with Crippen molar-refractivity contribution in [3.8, 4) is 23.0 Å². The van der Waals surface area contributed by atoms with Crippen LogP contribution in [0.2, 0.25) is 0 Å². The molecule has 0 N–H and O–H groups in total. The van der Waals surface area contributed by atoms with E-state index in [2.05, 4.69) is 16.7 Å². The average molecular weight is 408 g/mol. The highest BCUT2D eigenvalue weighted by Gasteiger charge is 2.18. The topological polar surface area (TPSA) is 71.4 Å². The highest BCUT2D eigenvalue weighted by Crippen LogP contribution is 2.34. The van der Waals surface area contributed by atoms with Crippen molar-refractivity contribution in [1.29, 1.82) is 0 Å². The lowest BCUT2D eigenvalue weighted by Crippen LogP contribution is -2.09. The van der Waals surface area contributed by atoms with Gasteiger partial charge in [0.05, 0.1) is 28.4 Å². The molecule has 0 atom stereocenters. The molecule has 0 aliphatic heterocycles. The van der Waals surface area contributed by atoms with Crippen molar-refractivity contribution in [2.45, 2.75) is 0 Å². The Labute approximate surface area is 175 Å². The second kappa shape index (κ2) is 9.65. The van der Waals surface area contributed by atoms with E-state index in [1.54, 1.807) is 40.7 Å². The molecule has 0 fully saturated rings. The molecule has 0 spiro atoms. The molecule has 0 aliphatic carbocycles. The quantitative estimate of drug-likeness (QED) is 0.228. The molecule has 1 heterocycles. The van der Waals surface area contributed by atoms with Crippen LogP contribution in [0.1, 0.15) is 11.3 Å². The normalized spacial score (nSPS) is 11.1. The Morgan fingerprint density at radius 1 is 0.900 bits per heavy atom. The molecule has 156 valence electrons. The molecular formula is C23H24N2O5. The first-order valence-corrected chi connectivity index (χ1v) is 9.21. The van der Waals surface area contributed by atoms with Crippen LogP contribution in [-0.4, -0.2) is 45.7 Å². The van der Waals surface area contributed by atoms with Crippen molar-refractivity contribution in [1.82, 2.24) is 4.98 Å². The molecule has 0 unspecified atom stereocenters. The number of methoxy groups -OCH3 is 4. The van der Waals surface area contributed by atoms with E-state index in [-0.39, 0.29) is 6.61 Å². The first-order chi connectivity index (χ1) is 14.7. The molecule has 7 heteroatoms. The fourth-order valence-electron chi connectivity index (χ4n) is 3.06. The smallest absolute Gasteiger partial charge is 0.161 e. The van der Waals surface area contributed by atoms with Gasteiger partial charge in [-0.1, -0.05) is 17.8 Å². The van der Waals surface area contributed by atoms with E-state index in [1.807, 2.05) is 36.4 Å². The fourth-order valence-corrected chi connectivity index (χ4v) is 3.06. The molecule has 0 aliphatic rings. The third kappa shape index (κ3) is 4.15. The van der Waals surface area contributed by atoms with Crippen LogP contribution in [0.15, 0.2) is 60.4 Å². The van der Waals surface area contributed by atoms with Crippen molar-refractivity contribution in [3.63, 3.8) is 0 Å². The van der Waals surface area contributed by atoms with E-state index in [1.165, 1.54) is 0 Å². The molecule has 0 saturated carbocycles. The molecule has 1 aromatic heterocycles. The summed E-state index contributed by atoms with van der Waals surface area (Å²) in [6.07, 6.45) is 3.34. The third-order valence-corrected chi connectivity index (χ3v) is 4.50. The van der Waals surface area contributed by atoms with Gasteiger partial charge in [-0.2, -0.15) is 0 Å². The standard InChI is InChI=1S/C23H24N2O5/c1-6-11-30-25-22(16-7-8-18(26-2)19(13-16)27-3)23-17-14-21(29-5)20(28-4)12-15(17)9-10-24-23/h6-10,12-14H,1,11H2,2-5H3/b25-22+. The number of hydrogen-bond acceptors (Lipinski definition) is 7. The predicted molar refractivity (Wildman–Crippen MR) is 116 cm³/mol.